The minimum atomic E-state index is 0.453. The van der Waals surface area contributed by atoms with E-state index in [0.717, 1.165) is 36.3 Å². The first-order valence-corrected chi connectivity index (χ1v) is 8.69. The van der Waals surface area contributed by atoms with E-state index in [9.17, 15) is 0 Å². The highest BCUT2D eigenvalue weighted by atomic mass is 32.1. The average Bonchev–Trinajstić information content (AvgIpc) is 3.02. The number of hydrogen-bond donors (Lipinski definition) is 1. The second-order valence-electron chi connectivity index (χ2n) is 5.55. The van der Waals surface area contributed by atoms with Crippen molar-refractivity contribution >= 4 is 18.4 Å². The van der Waals surface area contributed by atoms with E-state index >= 15 is 0 Å². The summed E-state index contributed by atoms with van der Waals surface area (Å²) in [5.74, 6) is 1.55. The molecule has 0 saturated heterocycles. The molecule has 0 amide bonds. The molecule has 1 N–H and O–H groups in total. The number of aromatic amines is 1. The number of nitrogens with zero attached hydrogens (tertiary/aromatic N) is 3. The van der Waals surface area contributed by atoms with Gasteiger partial charge in [0, 0.05) is 5.56 Å². The van der Waals surface area contributed by atoms with Gasteiger partial charge in [0.2, 0.25) is 4.77 Å². The Labute approximate surface area is 152 Å². The standard InChI is InChI=1S/C19H20N4OS/c1-2-3-13-24-17-11-9-15(10-12-17)14-20-23-18(21-22-19(23)25)16-7-5-4-6-8-16/h4-12,14H,2-3,13H2,1H3,(H,22,25)/b20-14-. The van der Waals surface area contributed by atoms with Crippen molar-refractivity contribution in [1.82, 2.24) is 14.9 Å². The van der Waals surface area contributed by atoms with E-state index in [2.05, 4.69) is 22.2 Å². The van der Waals surface area contributed by atoms with Crippen LogP contribution in [0.1, 0.15) is 25.3 Å². The van der Waals surface area contributed by atoms with Gasteiger partial charge >= 0.3 is 0 Å². The van der Waals surface area contributed by atoms with Crippen LogP contribution < -0.4 is 4.74 Å². The first kappa shape index (κ1) is 17.1. The summed E-state index contributed by atoms with van der Waals surface area (Å²) in [6.07, 6.45) is 3.94. The Hall–Kier alpha value is -2.73. The first-order valence-electron chi connectivity index (χ1n) is 8.28. The number of unbranched alkanes of at least 4 members (excludes halogenated alkanes) is 1. The smallest absolute Gasteiger partial charge is 0.216 e. The van der Waals surface area contributed by atoms with Crippen molar-refractivity contribution in [3.63, 3.8) is 0 Å². The second kappa shape index (κ2) is 8.39. The molecule has 0 aliphatic heterocycles. The summed E-state index contributed by atoms with van der Waals surface area (Å²) in [4.78, 5) is 0. The minimum Gasteiger partial charge on any atom is -0.494 e. The van der Waals surface area contributed by atoms with E-state index in [0.29, 0.717) is 10.6 Å². The quantitative estimate of drug-likeness (QED) is 0.382. The molecule has 0 bridgehead atoms. The van der Waals surface area contributed by atoms with Crippen LogP contribution in [0.2, 0.25) is 0 Å². The van der Waals surface area contributed by atoms with Crippen LogP contribution in [0.4, 0.5) is 0 Å². The lowest BCUT2D eigenvalue weighted by Gasteiger charge is -2.05. The molecule has 0 atom stereocenters. The second-order valence-corrected chi connectivity index (χ2v) is 5.93. The van der Waals surface area contributed by atoms with Crippen LogP contribution in [-0.4, -0.2) is 27.7 Å². The van der Waals surface area contributed by atoms with Crippen LogP contribution in [0.15, 0.2) is 59.7 Å². The number of rotatable bonds is 7. The molecule has 0 unspecified atom stereocenters. The molecule has 0 saturated carbocycles. The van der Waals surface area contributed by atoms with Crippen molar-refractivity contribution in [3.05, 3.63) is 64.9 Å². The topological polar surface area (TPSA) is 55.2 Å². The molecule has 5 nitrogen and oxygen atoms in total. The van der Waals surface area contributed by atoms with Gasteiger partial charge in [0.25, 0.3) is 0 Å². The van der Waals surface area contributed by atoms with Crippen LogP contribution in [0, 0.1) is 4.77 Å². The number of nitrogens with one attached hydrogen (secondary N) is 1. The molecule has 6 heteroatoms. The zero-order valence-corrected chi connectivity index (χ0v) is 14.9. The van der Waals surface area contributed by atoms with Gasteiger partial charge in [-0.1, -0.05) is 43.7 Å². The molecule has 0 aliphatic rings. The van der Waals surface area contributed by atoms with E-state index in [1.165, 1.54) is 0 Å². The lowest BCUT2D eigenvalue weighted by molar-refractivity contribution is 0.309. The number of aromatic nitrogens is 3. The van der Waals surface area contributed by atoms with Crippen LogP contribution in [0.3, 0.4) is 0 Å². The molecular weight excluding hydrogens is 332 g/mol. The summed E-state index contributed by atoms with van der Waals surface area (Å²) < 4.78 is 7.74. The zero-order chi connectivity index (χ0) is 17.5. The van der Waals surface area contributed by atoms with E-state index in [1.807, 2.05) is 54.6 Å². The van der Waals surface area contributed by atoms with Gasteiger partial charge in [-0.05, 0) is 48.5 Å². The Bertz CT molecular complexity index is 882. The molecule has 1 aromatic heterocycles. The maximum Gasteiger partial charge on any atom is 0.216 e. The van der Waals surface area contributed by atoms with Crippen molar-refractivity contribution in [2.45, 2.75) is 19.8 Å². The largest absolute Gasteiger partial charge is 0.494 e. The summed E-state index contributed by atoms with van der Waals surface area (Å²) in [7, 11) is 0. The summed E-state index contributed by atoms with van der Waals surface area (Å²) in [5.41, 5.74) is 1.91. The normalized spacial score (nSPS) is 11.1. The van der Waals surface area contributed by atoms with Gasteiger partial charge < -0.3 is 4.74 Å². The molecule has 1 heterocycles. The predicted octanol–water partition coefficient (Wildman–Crippen LogP) is 4.67. The number of benzene rings is 2. The third-order valence-corrected chi connectivity index (χ3v) is 3.92. The van der Waals surface area contributed by atoms with Crippen LogP contribution in [0.25, 0.3) is 11.4 Å². The fourth-order valence-electron chi connectivity index (χ4n) is 2.28. The van der Waals surface area contributed by atoms with Crippen LogP contribution >= 0.6 is 12.2 Å². The number of H-pyrrole nitrogens is 1. The van der Waals surface area contributed by atoms with Crippen molar-refractivity contribution < 1.29 is 4.74 Å². The Morgan fingerprint density at radius 3 is 2.64 bits per heavy atom. The maximum absolute atomic E-state index is 5.67. The van der Waals surface area contributed by atoms with E-state index in [1.54, 1.807) is 10.9 Å². The molecule has 0 fully saturated rings. The van der Waals surface area contributed by atoms with E-state index < -0.39 is 0 Å². The Morgan fingerprint density at radius 2 is 1.92 bits per heavy atom. The van der Waals surface area contributed by atoms with Crippen molar-refractivity contribution in [3.8, 4) is 17.1 Å². The van der Waals surface area contributed by atoms with Crippen LogP contribution in [0.5, 0.6) is 5.75 Å². The minimum absolute atomic E-state index is 0.453. The first-order chi connectivity index (χ1) is 12.3. The Balaban J connectivity index is 1.76. The lowest BCUT2D eigenvalue weighted by Crippen LogP contribution is -1.97. The highest BCUT2D eigenvalue weighted by molar-refractivity contribution is 7.71. The maximum atomic E-state index is 5.67. The highest BCUT2D eigenvalue weighted by Crippen LogP contribution is 2.17. The lowest BCUT2D eigenvalue weighted by atomic mass is 10.2. The number of hydrogen-bond acceptors (Lipinski definition) is 4. The molecule has 128 valence electrons. The molecule has 0 spiro atoms. The highest BCUT2D eigenvalue weighted by Gasteiger charge is 2.07. The Morgan fingerprint density at radius 1 is 1.16 bits per heavy atom. The SMILES string of the molecule is CCCCOc1ccc(/C=N\n2c(-c3ccccc3)n[nH]c2=S)cc1. The summed E-state index contributed by atoms with van der Waals surface area (Å²) in [6, 6.07) is 17.7. The van der Waals surface area contributed by atoms with Gasteiger partial charge in [0.05, 0.1) is 12.8 Å². The van der Waals surface area contributed by atoms with Crippen molar-refractivity contribution in [2.24, 2.45) is 5.10 Å². The molecule has 3 rings (SSSR count). The summed E-state index contributed by atoms with van der Waals surface area (Å²) in [6.45, 7) is 2.89. The van der Waals surface area contributed by atoms with Gasteiger partial charge in [0.15, 0.2) is 5.82 Å². The molecule has 2 aromatic carbocycles. The molecular formula is C19H20N4OS. The number of ether oxygens (including phenoxy) is 1. The van der Waals surface area contributed by atoms with Gasteiger partial charge in [-0.2, -0.15) is 14.9 Å². The van der Waals surface area contributed by atoms with Gasteiger partial charge in [-0.3, -0.25) is 0 Å². The molecule has 25 heavy (non-hydrogen) atoms. The average molecular weight is 352 g/mol. The van der Waals surface area contributed by atoms with Crippen molar-refractivity contribution in [1.29, 1.82) is 0 Å². The molecule has 0 aliphatic carbocycles. The van der Waals surface area contributed by atoms with E-state index in [4.69, 9.17) is 17.0 Å². The Kier molecular flexibility index (Phi) is 5.74. The van der Waals surface area contributed by atoms with Crippen molar-refractivity contribution in [2.75, 3.05) is 6.61 Å². The fraction of sp³-hybridized carbons (Fsp3) is 0.211. The van der Waals surface area contributed by atoms with Gasteiger partial charge in [0.1, 0.15) is 5.75 Å². The van der Waals surface area contributed by atoms with Gasteiger partial charge in [-0.25, -0.2) is 5.10 Å². The predicted molar refractivity (Wildman–Crippen MR) is 103 cm³/mol. The third kappa shape index (κ3) is 4.42. The third-order valence-electron chi connectivity index (χ3n) is 3.65. The zero-order valence-electron chi connectivity index (χ0n) is 14.1. The molecule has 3 aromatic rings. The monoisotopic (exact) mass is 352 g/mol. The summed E-state index contributed by atoms with van der Waals surface area (Å²) in [5, 5.41) is 11.5. The van der Waals surface area contributed by atoms with Gasteiger partial charge in [-0.15, -0.1) is 0 Å². The van der Waals surface area contributed by atoms with E-state index in [-0.39, 0.29) is 0 Å². The fourth-order valence-corrected chi connectivity index (χ4v) is 2.46. The van der Waals surface area contributed by atoms with Crippen LogP contribution in [-0.2, 0) is 0 Å². The molecule has 0 radical (unpaired) electrons. The summed E-state index contributed by atoms with van der Waals surface area (Å²) >= 11 is 5.28.